The van der Waals surface area contributed by atoms with Gasteiger partial charge in [0.1, 0.15) is 5.82 Å². The zero-order valence-corrected chi connectivity index (χ0v) is 11.7. The van der Waals surface area contributed by atoms with Crippen LogP contribution in [0.1, 0.15) is 30.9 Å². The molecule has 1 aromatic carbocycles. The van der Waals surface area contributed by atoms with Gasteiger partial charge in [-0.2, -0.15) is 5.10 Å². The molecule has 100 valence electrons. The maximum atomic E-state index is 4.81. The Balaban J connectivity index is 2.10. The van der Waals surface area contributed by atoms with E-state index in [1.165, 1.54) is 35.3 Å². The molecule has 3 rings (SSSR count). The quantitative estimate of drug-likeness (QED) is 0.888. The first-order chi connectivity index (χ1) is 9.29. The molecular formula is C16H21N3. The third-order valence-corrected chi connectivity index (χ3v) is 3.82. The van der Waals surface area contributed by atoms with Crippen LogP contribution in [0.4, 0.5) is 5.82 Å². The van der Waals surface area contributed by atoms with E-state index >= 15 is 0 Å². The molecule has 3 heteroatoms. The molecule has 1 aromatic heterocycles. The van der Waals surface area contributed by atoms with Crippen LogP contribution in [-0.4, -0.2) is 16.3 Å². The van der Waals surface area contributed by atoms with Crippen LogP contribution in [-0.2, 0) is 13.0 Å². The molecule has 19 heavy (non-hydrogen) atoms. The van der Waals surface area contributed by atoms with Gasteiger partial charge in [0.2, 0.25) is 0 Å². The van der Waals surface area contributed by atoms with E-state index in [-0.39, 0.29) is 0 Å². The standard InChI is InChI=1S/C16H21N3/c1-3-19-16-14(6-4-5-11-17-16)15(18-19)13-9-7-12(2)8-10-13/h7-10,17H,3-6,11H2,1-2H3. The van der Waals surface area contributed by atoms with Crippen LogP contribution in [0, 0.1) is 6.92 Å². The highest BCUT2D eigenvalue weighted by Crippen LogP contribution is 2.32. The first-order valence-electron chi connectivity index (χ1n) is 7.20. The maximum Gasteiger partial charge on any atom is 0.128 e. The summed E-state index contributed by atoms with van der Waals surface area (Å²) in [6, 6.07) is 8.69. The fourth-order valence-corrected chi connectivity index (χ4v) is 2.74. The molecular weight excluding hydrogens is 234 g/mol. The third kappa shape index (κ3) is 2.25. The fourth-order valence-electron chi connectivity index (χ4n) is 2.74. The molecule has 2 aromatic rings. The van der Waals surface area contributed by atoms with Crippen LogP contribution in [0.15, 0.2) is 24.3 Å². The molecule has 2 heterocycles. The van der Waals surface area contributed by atoms with E-state index in [9.17, 15) is 0 Å². The van der Waals surface area contributed by atoms with E-state index in [0.717, 1.165) is 25.2 Å². The molecule has 1 aliphatic rings. The topological polar surface area (TPSA) is 29.9 Å². The number of rotatable bonds is 2. The summed E-state index contributed by atoms with van der Waals surface area (Å²) in [5, 5.41) is 8.35. The smallest absolute Gasteiger partial charge is 0.128 e. The number of nitrogens with zero attached hydrogens (tertiary/aromatic N) is 2. The van der Waals surface area contributed by atoms with Gasteiger partial charge in [-0.25, -0.2) is 4.68 Å². The minimum absolute atomic E-state index is 0.918. The normalized spacial score (nSPS) is 14.6. The summed E-state index contributed by atoms with van der Waals surface area (Å²) in [7, 11) is 0. The molecule has 0 bridgehead atoms. The Morgan fingerprint density at radius 3 is 2.74 bits per heavy atom. The third-order valence-electron chi connectivity index (χ3n) is 3.82. The van der Waals surface area contributed by atoms with Gasteiger partial charge < -0.3 is 5.32 Å². The minimum atomic E-state index is 0.918. The van der Waals surface area contributed by atoms with E-state index in [1.807, 2.05) is 0 Å². The first-order valence-corrected chi connectivity index (χ1v) is 7.20. The highest BCUT2D eigenvalue weighted by atomic mass is 15.3. The lowest BCUT2D eigenvalue weighted by atomic mass is 10.0. The Kier molecular flexibility index (Phi) is 3.28. The van der Waals surface area contributed by atoms with Gasteiger partial charge in [-0.1, -0.05) is 29.8 Å². The number of nitrogens with one attached hydrogen (secondary N) is 1. The van der Waals surface area contributed by atoms with Crippen molar-refractivity contribution in [2.75, 3.05) is 11.9 Å². The Labute approximate surface area is 114 Å². The second-order valence-electron chi connectivity index (χ2n) is 5.24. The van der Waals surface area contributed by atoms with Crippen LogP contribution < -0.4 is 5.32 Å². The number of benzene rings is 1. The fraction of sp³-hybridized carbons (Fsp3) is 0.438. The Bertz CT molecular complexity index is 566. The van der Waals surface area contributed by atoms with Crippen molar-refractivity contribution in [2.24, 2.45) is 0 Å². The lowest BCUT2D eigenvalue weighted by Crippen LogP contribution is -2.07. The number of anilines is 1. The molecule has 0 fully saturated rings. The second kappa shape index (κ2) is 5.08. The molecule has 1 aliphatic heterocycles. The van der Waals surface area contributed by atoms with Crippen molar-refractivity contribution in [3.8, 4) is 11.3 Å². The van der Waals surface area contributed by atoms with Gasteiger partial charge in [0.25, 0.3) is 0 Å². The zero-order valence-electron chi connectivity index (χ0n) is 11.7. The van der Waals surface area contributed by atoms with Crippen molar-refractivity contribution in [2.45, 2.75) is 39.7 Å². The zero-order chi connectivity index (χ0) is 13.2. The van der Waals surface area contributed by atoms with Gasteiger partial charge in [-0.15, -0.1) is 0 Å². The lowest BCUT2D eigenvalue weighted by molar-refractivity contribution is 0.665. The largest absolute Gasteiger partial charge is 0.370 e. The number of hydrogen-bond donors (Lipinski definition) is 1. The molecule has 0 spiro atoms. The summed E-state index contributed by atoms with van der Waals surface area (Å²) in [6.07, 6.45) is 3.62. The summed E-state index contributed by atoms with van der Waals surface area (Å²) in [5.74, 6) is 1.23. The predicted molar refractivity (Wildman–Crippen MR) is 79.5 cm³/mol. The molecule has 3 nitrogen and oxygen atoms in total. The number of aromatic nitrogens is 2. The predicted octanol–water partition coefficient (Wildman–Crippen LogP) is 3.63. The molecule has 0 radical (unpaired) electrons. The van der Waals surface area contributed by atoms with Gasteiger partial charge in [0, 0.05) is 24.2 Å². The summed E-state index contributed by atoms with van der Waals surface area (Å²) in [6.45, 7) is 6.25. The molecule has 0 atom stereocenters. The highest BCUT2D eigenvalue weighted by Gasteiger charge is 2.19. The van der Waals surface area contributed by atoms with Crippen molar-refractivity contribution in [3.63, 3.8) is 0 Å². The molecule has 0 amide bonds. The second-order valence-corrected chi connectivity index (χ2v) is 5.24. The Morgan fingerprint density at radius 1 is 1.21 bits per heavy atom. The van der Waals surface area contributed by atoms with E-state index in [4.69, 9.17) is 5.10 Å². The van der Waals surface area contributed by atoms with E-state index < -0.39 is 0 Å². The Morgan fingerprint density at radius 2 is 2.00 bits per heavy atom. The van der Waals surface area contributed by atoms with Crippen LogP contribution in [0.5, 0.6) is 0 Å². The molecule has 1 N–H and O–H groups in total. The average molecular weight is 255 g/mol. The molecule has 0 unspecified atom stereocenters. The van der Waals surface area contributed by atoms with Crippen LogP contribution >= 0.6 is 0 Å². The number of aryl methyl sites for hydroxylation is 2. The summed E-state index contributed by atoms with van der Waals surface area (Å²) >= 11 is 0. The van der Waals surface area contributed by atoms with Crippen molar-refractivity contribution in [1.29, 1.82) is 0 Å². The van der Waals surface area contributed by atoms with Crippen molar-refractivity contribution in [1.82, 2.24) is 9.78 Å². The van der Waals surface area contributed by atoms with Crippen LogP contribution in [0.2, 0.25) is 0 Å². The van der Waals surface area contributed by atoms with Crippen molar-refractivity contribution >= 4 is 5.82 Å². The van der Waals surface area contributed by atoms with Gasteiger partial charge in [0.05, 0.1) is 5.69 Å². The van der Waals surface area contributed by atoms with Gasteiger partial charge >= 0.3 is 0 Å². The lowest BCUT2D eigenvalue weighted by Gasteiger charge is -2.06. The molecule has 0 saturated heterocycles. The minimum Gasteiger partial charge on any atom is -0.370 e. The van der Waals surface area contributed by atoms with Crippen LogP contribution in [0.25, 0.3) is 11.3 Å². The van der Waals surface area contributed by atoms with E-state index in [0.29, 0.717) is 0 Å². The monoisotopic (exact) mass is 255 g/mol. The molecule has 0 aliphatic carbocycles. The summed E-state index contributed by atoms with van der Waals surface area (Å²) < 4.78 is 2.11. The average Bonchev–Trinajstić information content (AvgIpc) is 2.61. The van der Waals surface area contributed by atoms with E-state index in [1.54, 1.807) is 0 Å². The van der Waals surface area contributed by atoms with Gasteiger partial charge in [-0.05, 0) is 33.1 Å². The summed E-state index contributed by atoms with van der Waals surface area (Å²) in [4.78, 5) is 0. The number of hydrogen-bond acceptors (Lipinski definition) is 2. The number of fused-ring (bicyclic) bond motifs is 1. The SMILES string of the molecule is CCn1nc(-c2ccc(C)cc2)c2c1NCCCC2. The highest BCUT2D eigenvalue weighted by molar-refractivity contribution is 5.70. The van der Waals surface area contributed by atoms with Gasteiger partial charge in [0.15, 0.2) is 0 Å². The first kappa shape index (κ1) is 12.3. The van der Waals surface area contributed by atoms with Crippen molar-refractivity contribution in [3.05, 3.63) is 35.4 Å². The molecule has 0 saturated carbocycles. The summed E-state index contributed by atoms with van der Waals surface area (Å²) in [5.41, 5.74) is 5.08. The van der Waals surface area contributed by atoms with Crippen LogP contribution in [0.3, 0.4) is 0 Å². The van der Waals surface area contributed by atoms with E-state index in [2.05, 4.69) is 48.1 Å². The van der Waals surface area contributed by atoms with Gasteiger partial charge in [-0.3, -0.25) is 0 Å². The maximum absolute atomic E-state index is 4.81. The Hall–Kier alpha value is -1.77. The van der Waals surface area contributed by atoms with Crippen molar-refractivity contribution < 1.29 is 0 Å².